The summed E-state index contributed by atoms with van der Waals surface area (Å²) in [5, 5.41) is 21.7. The van der Waals surface area contributed by atoms with Gasteiger partial charge in [0.1, 0.15) is 17.4 Å². The minimum atomic E-state index is -4.20. The molecule has 0 aliphatic heterocycles. The summed E-state index contributed by atoms with van der Waals surface area (Å²) in [5.41, 5.74) is -0.708. The molecule has 0 heterocycles. The molecule has 1 rings (SSSR count). The number of alkyl carbamates (subject to hydrolysis) is 1. The van der Waals surface area contributed by atoms with E-state index in [-0.39, 0.29) is 17.9 Å². The maximum absolute atomic E-state index is 12.4. The molecule has 0 spiro atoms. The highest BCUT2D eigenvalue weighted by atomic mass is 32.2. The number of rotatable bonds is 9. The second-order valence-corrected chi connectivity index (χ2v) is 8.61. The summed E-state index contributed by atoms with van der Waals surface area (Å²) in [6.45, 7) is 4.92. The van der Waals surface area contributed by atoms with E-state index in [1.54, 1.807) is 20.8 Å². The summed E-state index contributed by atoms with van der Waals surface area (Å²) in [6.07, 6.45) is -2.52. The van der Waals surface area contributed by atoms with E-state index in [1.165, 1.54) is 31.4 Å². The summed E-state index contributed by atoms with van der Waals surface area (Å²) in [5.74, 6) is -1.12. The van der Waals surface area contributed by atoms with Crippen LogP contribution in [0.15, 0.2) is 29.2 Å². The lowest BCUT2D eigenvalue weighted by Crippen LogP contribution is -2.49. The van der Waals surface area contributed by atoms with Crippen LogP contribution in [0.25, 0.3) is 0 Å². The molecule has 0 fully saturated rings. The van der Waals surface area contributed by atoms with Crippen molar-refractivity contribution < 1.29 is 37.7 Å². The van der Waals surface area contributed by atoms with E-state index in [1.807, 2.05) is 4.72 Å². The number of hydrogen-bond acceptors (Lipinski definition) is 7. The number of benzene rings is 1. The van der Waals surface area contributed by atoms with Crippen molar-refractivity contribution in [2.45, 2.75) is 49.8 Å². The fraction of sp³-hybridized carbons (Fsp3) is 0.529. The summed E-state index contributed by atoms with van der Waals surface area (Å²) in [4.78, 5) is 22.8. The number of aliphatic hydroxyl groups is 1. The highest BCUT2D eigenvalue weighted by molar-refractivity contribution is 7.89. The number of sulfonamides is 1. The summed E-state index contributed by atoms with van der Waals surface area (Å²) in [7, 11) is -2.78. The third-order valence-electron chi connectivity index (χ3n) is 3.41. The zero-order chi connectivity index (χ0) is 21.5. The fourth-order valence-corrected chi connectivity index (χ4v) is 3.31. The fourth-order valence-electron chi connectivity index (χ4n) is 2.09. The second-order valence-electron chi connectivity index (χ2n) is 6.90. The predicted molar refractivity (Wildman–Crippen MR) is 99.6 cm³/mol. The first-order chi connectivity index (χ1) is 12.9. The lowest BCUT2D eigenvalue weighted by atomic mass is 10.1. The van der Waals surface area contributed by atoms with Gasteiger partial charge in [0.2, 0.25) is 10.0 Å². The Labute approximate surface area is 163 Å². The zero-order valence-corrected chi connectivity index (χ0v) is 16.9. The monoisotopic (exact) mass is 418 g/mol. The van der Waals surface area contributed by atoms with Crippen LogP contribution in [0, 0.1) is 0 Å². The Bertz CT molecular complexity index is 771. The molecule has 10 nitrogen and oxygen atoms in total. The molecule has 1 aromatic carbocycles. The number of ether oxygens (including phenoxy) is 2. The van der Waals surface area contributed by atoms with Gasteiger partial charge in [0.15, 0.2) is 0 Å². The van der Waals surface area contributed by atoms with Crippen LogP contribution in [0.2, 0.25) is 0 Å². The first-order valence-electron chi connectivity index (χ1n) is 8.40. The molecule has 158 valence electrons. The van der Waals surface area contributed by atoms with E-state index < -0.39 is 39.8 Å². The van der Waals surface area contributed by atoms with Gasteiger partial charge in [-0.15, -0.1) is 0 Å². The number of carbonyl (C=O) groups is 2. The predicted octanol–water partition coefficient (Wildman–Crippen LogP) is 0.702. The molecule has 4 N–H and O–H groups in total. The van der Waals surface area contributed by atoms with Crippen LogP contribution in [0.1, 0.15) is 27.2 Å². The van der Waals surface area contributed by atoms with Gasteiger partial charge in [-0.25, -0.2) is 13.2 Å². The van der Waals surface area contributed by atoms with Crippen molar-refractivity contribution in [3.63, 3.8) is 0 Å². The quantitative estimate of drug-likeness (QED) is 0.457. The maximum atomic E-state index is 12.4. The Morgan fingerprint density at radius 3 is 2.21 bits per heavy atom. The molecule has 28 heavy (non-hydrogen) atoms. The molecular weight excluding hydrogens is 392 g/mol. The number of carboxylic acids is 1. The molecule has 0 saturated carbocycles. The second kappa shape index (κ2) is 9.71. The molecule has 2 atom stereocenters. The van der Waals surface area contributed by atoms with Crippen molar-refractivity contribution in [2.75, 3.05) is 13.7 Å². The maximum Gasteiger partial charge on any atom is 0.407 e. The van der Waals surface area contributed by atoms with E-state index in [9.17, 15) is 28.2 Å². The Balaban J connectivity index is 2.73. The van der Waals surface area contributed by atoms with E-state index in [4.69, 9.17) is 9.47 Å². The Hall–Kier alpha value is -2.37. The molecule has 11 heteroatoms. The van der Waals surface area contributed by atoms with Crippen LogP contribution in [-0.2, 0) is 19.6 Å². The Morgan fingerprint density at radius 1 is 1.18 bits per heavy atom. The third kappa shape index (κ3) is 7.71. The number of methoxy groups -OCH3 is 1. The topological polar surface area (TPSA) is 151 Å². The molecule has 0 radical (unpaired) electrons. The Kier molecular flexibility index (Phi) is 8.21. The first-order valence-corrected chi connectivity index (χ1v) is 9.88. The molecule has 1 aromatic rings. The number of hydrogen-bond donors (Lipinski definition) is 4. The number of nitrogens with one attached hydrogen (secondary N) is 2. The van der Waals surface area contributed by atoms with Gasteiger partial charge < -0.3 is 25.0 Å². The average Bonchev–Trinajstić information content (AvgIpc) is 2.57. The molecule has 1 amide bonds. The van der Waals surface area contributed by atoms with Gasteiger partial charge >= 0.3 is 12.1 Å². The van der Waals surface area contributed by atoms with E-state index >= 15 is 0 Å². The van der Waals surface area contributed by atoms with Gasteiger partial charge in [0.25, 0.3) is 0 Å². The van der Waals surface area contributed by atoms with Crippen molar-refractivity contribution in [3.05, 3.63) is 24.3 Å². The first kappa shape index (κ1) is 23.7. The molecular formula is C17H26N2O8S. The van der Waals surface area contributed by atoms with Crippen molar-refractivity contribution >= 4 is 22.1 Å². The van der Waals surface area contributed by atoms with Gasteiger partial charge in [-0.05, 0) is 51.5 Å². The smallest absolute Gasteiger partial charge is 0.407 e. The van der Waals surface area contributed by atoms with Crippen molar-refractivity contribution in [3.8, 4) is 5.75 Å². The molecule has 0 unspecified atom stereocenters. The number of carbonyl (C=O) groups excluding carboxylic acids is 1. The number of amides is 1. The van der Waals surface area contributed by atoms with Crippen LogP contribution in [-0.4, -0.2) is 62.1 Å². The van der Waals surface area contributed by atoms with E-state index in [0.717, 1.165) is 0 Å². The highest BCUT2D eigenvalue weighted by Gasteiger charge is 2.31. The van der Waals surface area contributed by atoms with Gasteiger partial charge in [0, 0.05) is 6.54 Å². The van der Waals surface area contributed by atoms with Gasteiger partial charge in [0.05, 0.1) is 18.1 Å². The minimum Gasteiger partial charge on any atom is -0.497 e. The lowest BCUT2D eigenvalue weighted by Gasteiger charge is -2.22. The molecule has 0 saturated heterocycles. The minimum absolute atomic E-state index is 0.107. The van der Waals surface area contributed by atoms with Gasteiger partial charge in [-0.1, -0.05) is 0 Å². The molecule has 0 bridgehead atoms. The van der Waals surface area contributed by atoms with Crippen LogP contribution < -0.4 is 14.8 Å². The molecule has 0 aromatic heterocycles. The highest BCUT2D eigenvalue weighted by Crippen LogP contribution is 2.16. The van der Waals surface area contributed by atoms with Crippen molar-refractivity contribution in [2.24, 2.45) is 0 Å². The van der Waals surface area contributed by atoms with Crippen LogP contribution in [0.3, 0.4) is 0 Å². The largest absolute Gasteiger partial charge is 0.497 e. The van der Waals surface area contributed by atoms with Crippen molar-refractivity contribution in [1.82, 2.24) is 10.0 Å². The Morgan fingerprint density at radius 2 is 1.75 bits per heavy atom. The van der Waals surface area contributed by atoms with Crippen LogP contribution in [0.5, 0.6) is 5.75 Å². The van der Waals surface area contributed by atoms with Crippen LogP contribution in [0.4, 0.5) is 4.79 Å². The van der Waals surface area contributed by atoms with E-state index in [0.29, 0.717) is 5.75 Å². The SMILES string of the molecule is COc1ccc(S(=O)(=O)N[C@@H](C(=O)O)[C@@H](O)CCNC(=O)OC(C)(C)C)cc1. The summed E-state index contributed by atoms with van der Waals surface area (Å²) in [6, 6.07) is 3.51. The average molecular weight is 418 g/mol. The van der Waals surface area contributed by atoms with Gasteiger partial charge in [-0.2, -0.15) is 4.72 Å². The standard InChI is InChI=1S/C17H26N2O8S/c1-17(2,3)27-16(23)18-10-9-13(20)14(15(21)22)19-28(24,25)12-7-5-11(26-4)6-8-12/h5-8,13-14,19-20H,9-10H2,1-4H3,(H,18,23)(H,21,22)/t13-,14+/m0/s1. The summed E-state index contributed by atoms with van der Waals surface area (Å²) < 4.78 is 36.7. The number of aliphatic carboxylic acids is 1. The van der Waals surface area contributed by atoms with E-state index in [2.05, 4.69) is 5.32 Å². The van der Waals surface area contributed by atoms with Crippen LogP contribution >= 0.6 is 0 Å². The third-order valence-corrected chi connectivity index (χ3v) is 4.87. The number of aliphatic hydroxyl groups excluding tert-OH is 1. The van der Waals surface area contributed by atoms with Gasteiger partial charge in [-0.3, -0.25) is 4.79 Å². The molecule has 0 aliphatic carbocycles. The summed E-state index contributed by atoms with van der Waals surface area (Å²) >= 11 is 0. The molecule has 0 aliphatic rings. The normalized spacial score (nSPS) is 14.0. The van der Waals surface area contributed by atoms with Crippen molar-refractivity contribution in [1.29, 1.82) is 0 Å². The zero-order valence-electron chi connectivity index (χ0n) is 16.1. The lowest BCUT2D eigenvalue weighted by molar-refractivity contribution is -0.141. The number of carboxylic acid groups (broad SMARTS) is 1.